The second-order valence-electron chi connectivity index (χ2n) is 5.65. The average molecular weight is 363 g/mol. The summed E-state index contributed by atoms with van der Waals surface area (Å²) >= 11 is 0. The van der Waals surface area contributed by atoms with Crippen molar-refractivity contribution in [1.29, 1.82) is 0 Å². The number of carbonyl (C=O) groups is 1. The Labute approximate surface area is 155 Å². The van der Waals surface area contributed by atoms with Gasteiger partial charge in [-0.3, -0.25) is 14.9 Å². The Morgan fingerprint density at radius 3 is 2.07 bits per heavy atom. The fraction of sp³-hybridized carbons (Fsp3) is 0.0500. The minimum Gasteiger partial charge on any atom is -0.457 e. The van der Waals surface area contributed by atoms with Crippen LogP contribution in [0, 0.1) is 10.1 Å². The molecule has 0 spiro atoms. The molecule has 3 aromatic rings. The highest BCUT2D eigenvalue weighted by molar-refractivity contribution is 5.93. The number of nitro benzene ring substituents is 1. The maximum Gasteiger partial charge on any atom is 0.269 e. The number of benzene rings is 3. The van der Waals surface area contributed by atoms with Gasteiger partial charge >= 0.3 is 0 Å². The van der Waals surface area contributed by atoms with Gasteiger partial charge in [-0.15, -0.1) is 0 Å². The molecule has 0 aliphatic heterocycles. The number of nitrogens with zero attached hydrogens (tertiary/aromatic N) is 1. The van der Waals surface area contributed by atoms with Crippen LogP contribution in [-0.4, -0.2) is 17.4 Å². The van der Waals surface area contributed by atoms with Crippen LogP contribution < -0.4 is 15.4 Å². The first-order valence-electron chi connectivity index (χ1n) is 8.21. The average Bonchev–Trinajstić information content (AvgIpc) is 2.69. The zero-order valence-corrected chi connectivity index (χ0v) is 14.3. The van der Waals surface area contributed by atoms with Crippen molar-refractivity contribution < 1.29 is 14.5 Å². The van der Waals surface area contributed by atoms with Crippen LogP contribution in [0.5, 0.6) is 11.5 Å². The summed E-state index contributed by atoms with van der Waals surface area (Å²) in [6, 6.07) is 22.3. The van der Waals surface area contributed by atoms with Crippen molar-refractivity contribution in [3.63, 3.8) is 0 Å². The Bertz CT molecular complexity index is 910. The summed E-state index contributed by atoms with van der Waals surface area (Å²) in [6.45, 7) is 0.0417. The molecule has 0 aliphatic rings. The molecule has 0 atom stereocenters. The highest BCUT2D eigenvalue weighted by atomic mass is 16.6. The van der Waals surface area contributed by atoms with Crippen LogP contribution >= 0.6 is 0 Å². The number of hydrogen-bond donors (Lipinski definition) is 2. The first kappa shape index (κ1) is 17.9. The van der Waals surface area contributed by atoms with Crippen LogP contribution in [0.1, 0.15) is 0 Å². The van der Waals surface area contributed by atoms with E-state index in [1.165, 1.54) is 12.1 Å². The Morgan fingerprint density at radius 2 is 1.44 bits per heavy atom. The topological polar surface area (TPSA) is 93.5 Å². The van der Waals surface area contributed by atoms with Gasteiger partial charge in [0.25, 0.3) is 5.69 Å². The molecule has 7 heteroatoms. The third-order valence-corrected chi connectivity index (χ3v) is 3.65. The van der Waals surface area contributed by atoms with Crippen LogP contribution in [0.3, 0.4) is 0 Å². The van der Waals surface area contributed by atoms with Gasteiger partial charge in [0.2, 0.25) is 5.91 Å². The molecule has 0 aromatic heterocycles. The monoisotopic (exact) mass is 363 g/mol. The lowest BCUT2D eigenvalue weighted by molar-refractivity contribution is -0.384. The smallest absolute Gasteiger partial charge is 0.269 e. The van der Waals surface area contributed by atoms with Gasteiger partial charge in [0.15, 0.2) is 0 Å². The first-order valence-corrected chi connectivity index (χ1v) is 8.21. The second kappa shape index (κ2) is 8.48. The highest BCUT2D eigenvalue weighted by Crippen LogP contribution is 2.22. The van der Waals surface area contributed by atoms with Crippen LogP contribution in [0.2, 0.25) is 0 Å². The van der Waals surface area contributed by atoms with Gasteiger partial charge in [0, 0.05) is 23.5 Å². The third-order valence-electron chi connectivity index (χ3n) is 3.65. The predicted molar refractivity (Wildman–Crippen MR) is 103 cm³/mol. The van der Waals surface area contributed by atoms with Crippen molar-refractivity contribution in [1.82, 2.24) is 0 Å². The van der Waals surface area contributed by atoms with E-state index in [4.69, 9.17) is 4.74 Å². The number of rotatable bonds is 7. The minimum atomic E-state index is -0.471. The van der Waals surface area contributed by atoms with Gasteiger partial charge in [0.05, 0.1) is 11.5 Å². The van der Waals surface area contributed by atoms with E-state index < -0.39 is 4.92 Å². The van der Waals surface area contributed by atoms with Gasteiger partial charge in [-0.1, -0.05) is 18.2 Å². The van der Waals surface area contributed by atoms with E-state index in [9.17, 15) is 14.9 Å². The molecule has 0 saturated heterocycles. The molecule has 0 aliphatic carbocycles. The van der Waals surface area contributed by atoms with Gasteiger partial charge in [-0.05, 0) is 48.5 Å². The summed E-state index contributed by atoms with van der Waals surface area (Å²) in [6.07, 6.45) is 0. The van der Waals surface area contributed by atoms with Crippen molar-refractivity contribution >= 4 is 23.0 Å². The van der Waals surface area contributed by atoms with Gasteiger partial charge in [-0.25, -0.2) is 0 Å². The second-order valence-corrected chi connectivity index (χ2v) is 5.65. The zero-order chi connectivity index (χ0) is 19.1. The van der Waals surface area contributed by atoms with Crippen LogP contribution in [0.15, 0.2) is 78.9 Å². The van der Waals surface area contributed by atoms with Crippen molar-refractivity contribution in [2.24, 2.45) is 0 Å². The van der Waals surface area contributed by atoms with Crippen molar-refractivity contribution in [3.8, 4) is 11.5 Å². The third kappa shape index (κ3) is 5.30. The summed E-state index contributed by atoms with van der Waals surface area (Å²) in [5.41, 5.74) is 1.27. The number of para-hydroxylation sites is 1. The number of non-ortho nitro benzene ring substituents is 1. The molecule has 0 fully saturated rings. The molecule has 0 unspecified atom stereocenters. The standard InChI is InChI=1S/C20H17N3O4/c24-20(14-21-15-6-10-17(11-7-15)23(25)26)22-16-8-12-19(13-9-16)27-18-4-2-1-3-5-18/h1-13,21H,14H2,(H,22,24). The number of ether oxygens (including phenoxy) is 1. The van der Waals surface area contributed by atoms with Crippen molar-refractivity contribution in [2.75, 3.05) is 17.2 Å². The van der Waals surface area contributed by atoms with Crippen LogP contribution in [-0.2, 0) is 4.79 Å². The number of carbonyl (C=O) groups excluding carboxylic acids is 1. The quantitative estimate of drug-likeness (QED) is 0.478. The zero-order valence-electron chi connectivity index (χ0n) is 14.3. The van der Waals surface area contributed by atoms with Crippen LogP contribution in [0.4, 0.5) is 17.1 Å². The molecule has 136 valence electrons. The largest absolute Gasteiger partial charge is 0.457 e. The summed E-state index contributed by atoms with van der Waals surface area (Å²) in [5, 5.41) is 16.3. The molecule has 0 bridgehead atoms. The molecule has 0 saturated carbocycles. The van der Waals surface area contributed by atoms with Crippen molar-refractivity contribution in [3.05, 3.63) is 89.0 Å². The number of nitro groups is 1. The molecule has 0 heterocycles. The summed E-state index contributed by atoms with van der Waals surface area (Å²) in [4.78, 5) is 22.2. The fourth-order valence-corrected chi connectivity index (χ4v) is 2.32. The van der Waals surface area contributed by atoms with E-state index >= 15 is 0 Å². The Balaban J connectivity index is 1.49. The Kier molecular flexibility index (Phi) is 5.64. The lowest BCUT2D eigenvalue weighted by Crippen LogP contribution is -2.21. The summed E-state index contributed by atoms with van der Waals surface area (Å²) < 4.78 is 5.70. The molecule has 3 rings (SSSR count). The van der Waals surface area contributed by atoms with Gasteiger partial charge in [-0.2, -0.15) is 0 Å². The maximum atomic E-state index is 12.0. The van der Waals surface area contributed by atoms with E-state index in [0.29, 0.717) is 17.1 Å². The van der Waals surface area contributed by atoms with Gasteiger partial charge in [0.1, 0.15) is 11.5 Å². The van der Waals surface area contributed by atoms with E-state index in [1.807, 2.05) is 30.3 Å². The Hall–Kier alpha value is -3.87. The fourth-order valence-electron chi connectivity index (χ4n) is 2.32. The van der Waals surface area contributed by atoms with Crippen LogP contribution in [0.25, 0.3) is 0 Å². The number of nitrogens with one attached hydrogen (secondary N) is 2. The van der Waals surface area contributed by atoms with E-state index in [1.54, 1.807) is 36.4 Å². The Morgan fingerprint density at radius 1 is 0.852 bits per heavy atom. The molecule has 27 heavy (non-hydrogen) atoms. The van der Waals surface area contributed by atoms with Crippen molar-refractivity contribution in [2.45, 2.75) is 0 Å². The predicted octanol–water partition coefficient (Wildman–Crippen LogP) is 4.44. The molecule has 1 amide bonds. The SMILES string of the molecule is O=C(CNc1ccc([N+](=O)[O-])cc1)Nc1ccc(Oc2ccccc2)cc1. The summed E-state index contributed by atoms with van der Waals surface area (Å²) in [7, 11) is 0. The molecule has 3 aromatic carbocycles. The lowest BCUT2D eigenvalue weighted by atomic mass is 10.2. The molecule has 7 nitrogen and oxygen atoms in total. The molecule has 2 N–H and O–H groups in total. The highest BCUT2D eigenvalue weighted by Gasteiger charge is 2.06. The minimum absolute atomic E-state index is 0.00260. The molecule has 0 radical (unpaired) electrons. The lowest BCUT2D eigenvalue weighted by Gasteiger charge is -2.09. The first-order chi connectivity index (χ1) is 13.1. The number of hydrogen-bond acceptors (Lipinski definition) is 5. The maximum absolute atomic E-state index is 12.0. The van der Waals surface area contributed by atoms with E-state index in [-0.39, 0.29) is 18.1 Å². The van der Waals surface area contributed by atoms with Gasteiger partial charge < -0.3 is 15.4 Å². The molecular formula is C20H17N3O4. The van der Waals surface area contributed by atoms with E-state index in [0.717, 1.165) is 5.75 Å². The summed E-state index contributed by atoms with van der Waals surface area (Å²) in [5.74, 6) is 1.18. The normalized spacial score (nSPS) is 10.1. The number of amides is 1. The van der Waals surface area contributed by atoms with E-state index in [2.05, 4.69) is 10.6 Å². The molecular weight excluding hydrogens is 346 g/mol. The number of anilines is 2.